The molecule has 1 unspecified atom stereocenters. The minimum absolute atomic E-state index is 0.00871. The zero-order valence-electron chi connectivity index (χ0n) is 8.69. The molecule has 2 N–H and O–H groups in total. The average Bonchev–Trinajstić information content (AvgIpc) is 2.94. The molecule has 1 fully saturated rings. The SMILES string of the molecule is CC(CO)(NC(=O)c1cccs1)C1CC1. The molecule has 4 heteroatoms. The molecule has 0 saturated heterocycles. The van der Waals surface area contributed by atoms with Gasteiger partial charge in [-0.15, -0.1) is 11.3 Å². The van der Waals surface area contributed by atoms with Crippen LogP contribution in [0.25, 0.3) is 0 Å². The van der Waals surface area contributed by atoms with E-state index >= 15 is 0 Å². The highest BCUT2D eigenvalue weighted by Crippen LogP contribution is 2.39. The summed E-state index contributed by atoms with van der Waals surface area (Å²) in [5.74, 6) is 0.361. The van der Waals surface area contributed by atoms with Crippen molar-refractivity contribution in [3.05, 3.63) is 22.4 Å². The Hall–Kier alpha value is -0.870. The van der Waals surface area contributed by atoms with Crippen molar-refractivity contribution >= 4 is 17.2 Å². The molecule has 1 aliphatic carbocycles. The van der Waals surface area contributed by atoms with Gasteiger partial charge in [0.15, 0.2) is 0 Å². The molecule has 82 valence electrons. The van der Waals surface area contributed by atoms with E-state index in [1.165, 1.54) is 11.3 Å². The first-order valence-electron chi connectivity index (χ1n) is 5.12. The fourth-order valence-electron chi connectivity index (χ4n) is 1.72. The third-order valence-corrected chi connectivity index (χ3v) is 3.82. The van der Waals surface area contributed by atoms with Gasteiger partial charge in [-0.2, -0.15) is 0 Å². The second-order valence-electron chi connectivity index (χ2n) is 4.28. The van der Waals surface area contributed by atoms with Crippen LogP contribution in [0, 0.1) is 5.92 Å². The van der Waals surface area contributed by atoms with Crippen molar-refractivity contribution < 1.29 is 9.90 Å². The van der Waals surface area contributed by atoms with E-state index in [1.54, 1.807) is 6.07 Å². The smallest absolute Gasteiger partial charge is 0.261 e. The number of nitrogens with one attached hydrogen (secondary N) is 1. The predicted octanol–water partition coefficient (Wildman–Crippen LogP) is 1.64. The van der Waals surface area contributed by atoms with Gasteiger partial charge in [0.25, 0.3) is 5.91 Å². The molecule has 0 radical (unpaired) electrons. The monoisotopic (exact) mass is 225 g/mol. The van der Waals surface area contributed by atoms with Gasteiger partial charge >= 0.3 is 0 Å². The third-order valence-electron chi connectivity index (χ3n) is 2.95. The summed E-state index contributed by atoms with van der Waals surface area (Å²) in [6, 6.07) is 3.65. The maximum Gasteiger partial charge on any atom is 0.261 e. The van der Waals surface area contributed by atoms with Gasteiger partial charge in [-0.25, -0.2) is 0 Å². The number of hydrogen-bond acceptors (Lipinski definition) is 3. The second kappa shape index (κ2) is 3.94. The number of thiophene rings is 1. The van der Waals surface area contributed by atoms with E-state index < -0.39 is 5.54 Å². The molecule has 1 aromatic heterocycles. The molecule has 15 heavy (non-hydrogen) atoms. The summed E-state index contributed by atoms with van der Waals surface area (Å²) in [5, 5.41) is 14.1. The van der Waals surface area contributed by atoms with Crippen molar-refractivity contribution in [2.45, 2.75) is 25.3 Å². The fraction of sp³-hybridized carbons (Fsp3) is 0.545. The Morgan fingerprint density at radius 1 is 1.73 bits per heavy atom. The molecule has 0 aromatic carbocycles. The summed E-state index contributed by atoms with van der Waals surface area (Å²) in [5.41, 5.74) is -0.443. The van der Waals surface area contributed by atoms with E-state index in [9.17, 15) is 9.90 Å². The minimum Gasteiger partial charge on any atom is -0.394 e. The topological polar surface area (TPSA) is 49.3 Å². The largest absolute Gasteiger partial charge is 0.394 e. The highest BCUT2D eigenvalue weighted by atomic mass is 32.1. The highest BCUT2D eigenvalue weighted by Gasteiger charge is 2.42. The van der Waals surface area contributed by atoms with Crippen LogP contribution in [0.1, 0.15) is 29.4 Å². The van der Waals surface area contributed by atoms with Gasteiger partial charge in [-0.05, 0) is 37.1 Å². The molecule has 0 spiro atoms. The first kappa shape index (κ1) is 10.6. The summed E-state index contributed by atoms with van der Waals surface area (Å²) < 4.78 is 0. The molecule has 0 bridgehead atoms. The van der Waals surface area contributed by atoms with Gasteiger partial charge in [0, 0.05) is 0 Å². The quantitative estimate of drug-likeness (QED) is 0.818. The zero-order valence-corrected chi connectivity index (χ0v) is 9.51. The summed E-state index contributed by atoms with van der Waals surface area (Å²) in [6.45, 7) is 1.92. The standard InChI is InChI=1S/C11H15NO2S/c1-11(7-13,8-4-5-8)12-10(14)9-3-2-6-15-9/h2-3,6,8,13H,4-5,7H2,1H3,(H,12,14). The summed E-state index contributed by atoms with van der Waals surface area (Å²) in [4.78, 5) is 12.5. The van der Waals surface area contributed by atoms with Gasteiger partial charge in [0.2, 0.25) is 0 Å². The lowest BCUT2D eigenvalue weighted by atomic mass is 9.97. The normalized spacial score (nSPS) is 19.6. The predicted molar refractivity (Wildman–Crippen MR) is 60.0 cm³/mol. The maximum atomic E-state index is 11.8. The van der Waals surface area contributed by atoms with Gasteiger partial charge in [-0.1, -0.05) is 6.07 Å². The van der Waals surface area contributed by atoms with Gasteiger partial charge in [0.05, 0.1) is 17.0 Å². The highest BCUT2D eigenvalue weighted by molar-refractivity contribution is 7.12. The molecule has 1 atom stereocenters. The molecule has 1 aromatic rings. The van der Waals surface area contributed by atoms with E-state index in [4.69, 9.17) is 0 Å². The van der Waals surface area contributed by atoms with E-state index in [2.05, 4.69) is 5.32 Å². The molecule has 1 saturated carbocycles. The third kappa shape index (κ3) is 2.21. The molecule has 1 heterocycles. The Balaban J connectivity index is 2.04. The number of carbonyl (C=O) groups excluding carboxylic acids is 1. The van der Waals surface area contributed by atoms with Crippen molar-refractivity contribution in [2.24, 2.45) is 5.92 Å². The molecule has 1 aliphatic rings. The van der Waals surface area contributed by atoms with Crippen LogP contribution < -0.4 is 5.32 Å². The summed E-state index contributed by atoms with van der Waals surface area (Å²) >= 11 is 1.42. The van der Waals surface area contributed by atoms with Gasteiger partial charge < -0.3 is 10.4 Å². The van der Waals surface area contributed by atoms with E-state index in [0.717, 1.165) is 12.8 Å². The van der Waals surface area contributed by atoms with E-state index in [-0.39, 0.29) is 12.5 Å². The number of hydrogen-bond donors (Lipinski definition) is 2. The molecular weight excluding hydrogens is 210 g/mol. The number of amides is 1. The summed E-state index contributed by atoms with van der Waals surface area (Å²) in [7, 11) is 0. The zero-order chi connectivity index (χ0) is 10.9. The van der Waals surface area contributed by atoms with Crippen LogP contribution in [0.3, 0.4) is 0 Å². The van der Waals surface area contributed by atoms with E-state index in [1.807, 2.05) is 18.4 Å². The number of carbonyl (C=O) groups is 1. The molecule has 0 aliphatic heterocycles. The van der Waals surface area contributed by atoms with Crippen molar-refractivity contribution in [1.29, 1.82) is 0 Å². The van der Waals surface area contributed by atoms with Crippen LogP contribution >= 0.6 is 11.3 Å². The Labute approximate surface area is 93.1 Å². The minimum atomic E-state index is -0.443. The van der Waals surface area contributed by atoms with Crippen LogP contribution in [0.4, 0.5) is 0 Å². The number of rotatable bonds is 4. The Morgan fingerprint density at radius 3 is 2.93 bits per heavy atom. The van der Waals surface area contributed by atoms with Crippen LogP contribution in [0.15, 0.2) is 17.5 Å². The number of aliphatic hydroxyl groups is 1. The number of aliphatic hydroxyl groups excluding tert-OH is 1. The first-order valence-corrected chi connectivity index (χ1v) is 6.00. The Kier molecular flexibility index (Phi) is 2.80. The Bertz CT molecular complexity index is 345. The van der Waals surface area contributed by atoms with Crippen molar-refractivity contribution in [1.82, 2.24) is 5.32 Å². The van der Waals surface area contributed by atoms with Crippen LogP contribution in [-0.4, -0.2) is 23.2 Å². The first-order chi connectivity index (χ1) is 7.15. The van der Waals surface area contributed by atoms with Crippen LogP contribution in [-0.2, 0) is 0 Å². The second-order valence-corrected chi connectivity index (χ2v) is 5.23. The Morgan fingerprint density at radius 2 is 2.47 bits per heavy atom. The lowest BCUT2D eigenvalue weighted by Crippen LogP contribution is -2.50. The molecular formula is C11H15NO2S. The lowest BCUT2D eigenvalue weighted by molar-refractivity contribution is 0.0828. The fourth-order valence-corrected chi connectivity index (χ4v) is 2.34. The molecule has 1 amide bonds. The van der Waals surface area contributed by atoms with Gasteiger partial charge in [-0.3, -0.25) is 4.79 Å². The van der Waals surface area contributed by atoms with Crippen molar-refractivity contribution in [3.63, 3.8) is 0 Å². The average molecular weight is 225 g/mol. The van der Waals surface area contributed by atoms with Crippen LogP contribution in [0.5, 0.6) is 0 Å². The maximum absolute atomic E-state index is 11.8. The van der Waals surface area contributed by atoms with Gasteiger partial charge in [0.1, 0.15) is 0 Å². The van der Waals surface area contributed by atoms with Crippen LogP contribution in [0.2, 0.25) is 0 Å². The van der Waals surface area contributed by atoms with E-state index in [0.29, 0.717) is 10.8 Å². The van der Waals surface area contributed by atoms with Crippen molar-refractivity contribution in [3.8, 4) is 0 Å². The summed E-state index contributed by atoms with van der Waals surface area (Å²) in [6.07, 6.45) is 2.20. The molecule has 2 rings (SSSR count). The lowest BCUT2D eigenvalue weighted by Gasteiger charge is -2.28. The van der Waals surface area contributed by atoms with Crippen molar-refractivity contribution in [2.75, 3.05) is 6.61 Å². The molecule has 3 nitrogen and oxygen atoms in total.